The lowest BCUT2D eigenvalue weighted by atomic mass is 10.1. The summed E-state index contributed by atoms with van der Waals surface area (Å²) in [7, 11) is 0. The third-order valence-electron chi connectivity index (χ3n) is 3.05. The molecule has 0 fully saturated rings. The monoisotopic (exact) mass is 312 g/mol. The molecule has 0 saturated carbocycles. The number of nitrogens with two attached hydrogens (primary N) is 1. The number of H-pyrrole nitrogens is 1. The molecule has 1 aromatic carbocycles. The maximum Gasteiger partial charge on any atom is 0.418 e. The number of hydrogen-bond donors (Lipinski definition) is 2. The molecule has 3 N–H and O–H groups in total. The second-order valence-corrected chi connectivity index (χ2v) is 4.39. The van der Waals surface area contributed by atoms with Gasteiger partial charge in [0.15, 0.2) is 0 Å². The molecular weight excluding hydrogens is 305 g/mol. The van der Waals surface area contributed by atoms with Crippen molar-refractivity contribution in [3.05, 3.63) is 51.2 Å². The van der Waals surface area contributed by atoms with Gasteiger partial charge in [-0.2, -0.15) is 17.8 Å². The predicted molar refractivity (Wildman–Crippen MR) is 68.9 cm³/mol. The lowest BCUT2D eigenvalue weighted by molar-refractivity contribution is -0.137. The average Bonchev–Trinajstić information content (AvgIpc) is 2.97. The number of benzene rings is 1. The third kappa shape index (κ3) is 2.03. The highest BCUT2D eigenvalue weighted by Crippen LogP contribution is 2.35. The lowest BCUT2D eigenvalue weighted by Crippen LogP contribution is -2.40. The minimum Gasteiger partial charge on any atom is -0.332 e. The van der Waals surface area contributed by atoms with Crippen molar-refractivity contribution in [1.29, 1.82) is 0 Å². The number of alkyl halides is 3. The average molecular weight is 312 g/mol. The maximum absolute atomic E-state index is 13.2. The summed E-state index contributed by atoms with van der Waals surface area (Å²) in [6.45, 7) is 0. The number of nitrogens with one attached hydrogen (secondary N) is 1. The van der Waals surface area contributed by atoms with Crippen molar-refractivity contribution in [1.82, 2.24) is 24.4 Å². The molecule has 0 aliphatic heterocycles. The fourth-order valence-electron chi connectivity index (χ4n) is 2.03. The molecule has 114 valence electrons. The normalized spacial score (nSPS) is 12.0. The van der Waals surface area contributed by atoms with E-state index in [0.717, 1.165) is 23.3 Å². The van der Waals surface area contributed by atoms with Crippen LogP contribution in [0.25, 0.3) is 16.6 Å². The zero-order valence-corrected chi connectivity index (χ0v) is 10.6. The molecule has 0 spiro atoms. The van der Waals surface area contributed by atoms with Crippen molar-refractivity contribution in [3.63, 3.8) is 0 Å². The van der Waals surface area contributed by atoms with Crippen molar-refractivity contribution < 1.29 is 13.2 Å². The summed E-state index contributed by atoms with van der Waals surface area (Å²) in [5.41, 5.74) is -3.59. The fourth-order valence-corrected chi connectivity index (χ4v) is 2.03. The summed E-state index contributed by atoms with van der Waals surface area (Å²) in [4.78, 5) is 25.5. The van der Waals surface area contributed by atoms with Gasteiger partial charge in [-0.3, -0.25) is 9.36 Å². The number of aromatic amines is 1. The highest BCUT2D eigenvalue weighted by atomic mass is 19.4. The summed E-state index contributed by atoms with van der Waals surface area (Å²) in [6, 6.07) is 1.65. The van der Waals surface area contributed by atoms with Crippen LogP contribution in [0.5, 0.6) is 0 Å². The van der Waals surface area contributed by atoms with Crippen LogP contribution in [-0.4, -0.2) is 24.4 Å². The van der Waals surface area contributed by atoms with E-state index in [4.69, 9.17) is 5.84 Å². The highest BCUT2D eigenvalue weighted by molar-refractivity contribution is 5.81. The first-order valence-corrected chi connectivity index (χ1v) is 5.79. The van der Waals surface area contributed by atoms with E-state index < -0.39 is 23.0 Å². The maximum atomic E-state index is 13.2. The first-order chi connectivity index (χ1) is 10.3. The summed E-state index contributed by atoms with van der Waals surface area (Å²) in [5, 5.41) is 6.70. The SMILES string of the molecule is Nn1c(=O)[nH]c2cc(C(F)(F)F)c(-n3cnnc3)cc2c1=O. The molecule has 8 nitrogen and oxygen atoms in total. The largest absolute Gasteiger partial charge is 0.418 e. The van der Waals surface area contributed by atoms with Crippen LogP contribution in [-0.2, 0) is 6.18 Å². The van der Waals surface area contributed by atoms with Crippen molar-refractivity contribution >= 4 is 10.9 Å². The summed E-state index contributed by atoms with van der Waals surface area (Å²) >= 11 is 0. The van der Waals surface area contributed by atoms with E-state index in [1.807, 2.05) is 0 Å². The van der Waals surface area contributed by atoms with Gasteiger partial charge in [-0.05, 0) is 12.1 Å². The van der Waals surface area contributed by atoms with Gasteiger partial charge in [0.1, 0.15) is 12.7 Å². The number of hydrogen-bond acceptors (Lipinski definition) is 5. The second-order valence-electron chi connectivity index (χ2n) is 4.39. The first-order valence-electron chi connectivity index (χ1n) is 5.79. The molecule has 3 rings (SSSR count). The zero-order chi connectivity index (χ0) is 16.1. The third-order valence-corrected chi connectivity index (χ3v) is 3.05. The molecule has 22 heavy (non-hydrogen) atoms. The summed E-state index contributed by atoms with van der Waals surface area (Å²) in [6.07, 6.45) is -2.59. The van der Waals surface area contributed by atoms with Crippen LogP contribution in [0.1, 0.15) is 5.56 Å². The molecule has 2 heterocycles. The summed E-state index contributed by atoms with van der Waals surface area (Å²) in [5.74, 6) is 5.25. The summed E-state index contributed by atoms with van der Waals surface area (Å²) < 4.78 is 40.9. The van der Waals surface area contributed by atoms with E-state index in [-0.39, 0.29) is 21.3 Å². The quantitative estimate of drug-likeness (QED) is 0.614. The van der Waals surface area contributed by atoms with Gasteiger partial charge in [-0.1, -0.05) is 0 Å². The second kappa shape index (κ2) is 4.44. The molecule has 0 atom stereocenters. The molecule has 0 bridgehead atoms. The van der Waals surface area contributed by atoms with Gasteiger partial charge in [0.25, 0.3) is 5.56 Å². The van der Waals surface area contributed by atoms with Crippen LogP contribution >= 0.6 is 0 Å². The van der Waals surface area contributed by atoms with Crippen LogP contribution in [0.4, 0.5) is 13.2 Å². The molecule has 0 aliphatic carbocycles. The zero-order valence-electron chi connectivity index (χ0n) is 10.6. The van der Waals surface area contributed by atoms with Gasteiger partial charge in [0.2, 0.25) is 0 Å². The predicted octanol–water partition coefficient (Wildman–Crippen LogP) is 0.00310. The number of fused-ring (bicyclic) bond motifs is 1. The van der Waals surface area contributed by atoms with Crippen LogP contribution in [0.2, 0.25) is 0 Å². The number of rotatable bonds is 1. The molecule has 0 amide bonds. The van der Waals surface area contributed by atoms with E-state index in [2.05, 4.69) is 15.2 Å². The van der Waals surface area contributed by atoms with Gasteiger partial charge >= 0.3 is 11.9 Å². The number of nitrogens with zero attached hydrogens (tertiary/aromatic N) is 4. The van der Waals surface area contributed by atoms with E-state index in [1.54, 1.807) is 0 Å². The van der Waals surface area contributed by atoms with Gasteiger partial charge in [0, 0.05) is 0 Å². The standard InChI is InChI=1S/C11H7F3N6O2/c12-11(13,14)6-2-7-5(9(21)20(15)10(22)18-7)1-8(6)19-3-16-17-4-19/h1-4H,15H2,(H,18,22). The minimum atomic E-state index is -4.71. The van der Waals surface area contributed by atoms with Crippen molar-refractivity contribution in [3.8, 4) is 5.69 Å². The van der Waals surface area contributed by atoms with Gasteiger partial charge in [0.05, 0.1) is 22.2 Å². The minimum absolute atomic E-state index is 0.168. The van der Waals surface area contributed by atoms with Gasteiger partial charge in [-0.25, -0.2) is 4.79 Å². The Morgan fingerprint density at radius 2 is 1.77 bits per heavy atom. The van der Waals surface area contributed by atoms with E-state index in [9.17, 15) is 22.8 Å². The van der Waals surface area contributed by atoms with Crippen molar-refractivity contribution in [2.24, 2.45) is 0 Å². The smallest absolute Gasteiger partial charge is 0.332 e. The highest BCUT2D eigenvalue weighted by Gasteiger charge is 2.35. The Hall–Kier alpha value is -3.11. The van der Waals surface area contributed by atoms with Gasteiger partial charge in [-0.15, -0.1) is 10.2 Å². The van der Waals surface area contributed by atoms with Crippen LogP contribution in [0, 0.1) is 0 Å². The lowest BCUT2D eigenvalue weighted by Gasteiger charge is -2.14. The molecule has 0 radical (unpaired) electrons. The number of nitrogen functional groups attached to an aromatic ring is 1. The molecule has 2 aromatic heterocycles. The van der Waals surface area contributed by atoms with Crippen LogP contribution < -0.4 is 17.1 Å². The molecule has 3 aromatic rings. The Morgan fingerprint density at radius 3 is 2.36 bits per heavy atom. The Labute approximate surface area is 118 Å². The van der Waals surface area contributed by atoms with E-state index in [1.165, 1.54) is 0 Å². The first kappa shape index (κ1) is 13.9. The molecular formula is C11H7F3N6O2. The fraction of sp³-hybridized carbons (Fsp3) is 0.0909. The van der Waals surface area contributed by atoms with Crippen LogP contribution in [0.15, 0.2) is 34.4 Å². The topological polar surface area (TPSA) is 112 Å². The number of halogens is 3. The Balaban J connectivity index is 2.47. The molecule has 0 saturated heterocycles. The van der Waals surface area contributed by atoms with E-state index in [0.29, 0.717) is 6.07 Å². The van der Waals surface area contributed by atoms with Gasteiger partial charge < -0.3 is 10.8 Å². The Morgan fingerprint density at radius 1 is 1.14 bits per heavy atom. The Bertz CT molecular complexity index is 970. The van der Waals surface area contributed by atoms with Crippen molar-refractivity contribution in [2.75, 3.05) is 5.84 Å². The van der Waals surface area contributed by atoms with E-state index >= 15 is 0 Å². The Kier molecular flexibility index (Phi) is 2.80. The van der Waals surface area contributed by atoms with Crippen molar-refractivity contribution in [2.45, 2.75) is 6.18 Å². The molecule has 11 heteroatoms. The molecule has 0 aliphatic rings. The molecule has 0 unspecified atom stereocenters. The number of aromatic nitrogens is 5. The van der Waals surface area contributed by atoms with Crippen LogP contribution in [0.3, 0.4) is 0 Å².